The smallest absolute Gasteiger partial charge is 0.234 e. The van der Waals surface area contributed by atoms with E-state index in [4.69, 9.17) is 0 Å². The van der Waals surface area contributed by atoms with Gasteiger partial charge in [-0.05, 0) is 44.4 Å². The van der Waals surface area contributed by atoms with Gasteiger partial charge >= 0.3 is 0 Å². The van der Waals surface area contributed by atoms with Crippen molar-refractivity contribution in [1.82, 2.24) is 10.6 Å². The molecule has 1 saturated carbocycles. The summed E-state index contributed by atoms with van der Waals surface area (Å²) in [5.41, 5.74) is -0.288. The summed E-state index contributed by atoms with van der Waals surface area (Å²) in [5.74, 6) is 0.0192. The molecule has 4 nitrogen and oxygen atoms in total. The van der Waals surface area contributed by atoms with Crippen molar-refractivity contribution in [3.05, 3.63) is 0 Å². The minimum absolute atomic E-state index is 0.0192. The predicted octanol–water partition coefficient (Wildman–Crippen LogP) is 2.21. The van der Waals surface area contributed by atoms with Crippen molar-refractivity contribution < 1.29 is 9.90 Å². The van der Waals surface area contributed by atoms with Crippen LogP contribution in [0.15, 0.2) is 0 Å². The molecule has 0 aromatic heterocycles. The molecule has 1 aliphatic rings. The van der Waals surface area contributed by atoms with Gasteiger partial charge in [-0.25, -0.2) is 0 Å². The topological polar surface area (TPSA) is 61.4 Å². The molecule has 0 radical (unpaired) electrons. The SMILES string of the molecule is CCCC(C)NC(=O)CNCC1(O)CCC(C)(C)CC1. The fourth-order valence-corrected chi connectivity index (χ4v) is 2.81. The maximum atomic E-state index is 11.7. The molecule has 0 aromatic carbocycles. The van der Waals surface area contributed by atoms with Crippen molar-refractivity contribution in [2.75, 3.05) is 13.1 Å². The molecular formula is C16H32N2O2. The van der Waals surface area contributed by atoms with Gasteiger partial charge in [-0.1, -0.05) is 27.2 Å². The van der Waals surface area contributed by atoms with Crippen LogP contribution in [0.1, 0.15) is 66.2 Å². The summed E-state index contributed by atoms with van der Waals surface area (Å²) in [4.78, 5) is 11.7. The fourth-order valence-electron chi connectivity index (χ4n) is 2.81. The summed E-state index contributed by atoms with van der Waals surface area (Å²) < 4.78 is 0. The molecule has 0 aromatic rings. The Morgan fingerprint density at radius 3 is 2.40 bits per heavy atom. The highest BCUT2D eigenvalue weighted by atomic mass is 16.3. The molecule has 1 atom stereocenters. The van der Waals surface area contributed by atoms with Gasteiger partial charge in [-0.3, -0.25) is 4.79 Å². The quantitative estimate of drug-likeness (QED) is 0.672. The summed E-state index contributed by atoms with van der Waals surface area (Å²) in [5, 5.41) is 16.6. The highest BCUT2D eigenvalue weighted by Crippen LogP contribution is 2.39. The van der Waals surface area contributed by atoms with E-state index in [0.29, 0.717) is 18.5 Å². The van der Waals surface area contributed by atoms with E-state index in [1.54, 1.807) is 0 Å². The van der Waals surface area contributed by atoms with Gasteiger partial charge in [-0.15, -0.1) is 0 Å². The molecule has 1 unspecified atom stereocenters. The van der Waals surface area contributed by atoms with Gasteiger partial charge in [0.1, 0.15) is 0 Å². The lowest BCUT2D eigenvalue weighted by Crippen LogP contribution is -2.48. The first kappa shape index (κ1) is 17.4. The van der Waals surface area contributed by atoms with E-state index in [-0.39, 0.29) is 11.9 Å². The zero-order valence-corrected chi connectivity index (χ0v) is 13.6. The molecule has 20 heavy (non-hydrogen) atoms. The van der Waals surface area contributed by atoms with Gasteiger partial charge in [0.2, 0.25) is 5.91 Å². The average molecular weight is 284 g/mol. The first-order chi connectivity index (χ1) is 9.26. The zero-order chi connectivity index (χ0) is 15.2. The molecule has 1 aliphatic carbocycles. The minimum Gasteiger partial charge on any atom is -0.389 e. The van der Waals surface area contributed by atoms with Gasteiger partial charge in [0.05, 0.1) is 12.1 Å². The fraction of sp³-hybridized carbons (Fsp3) is 0.938. The van der Waals surface area contributed by atoms with E-state index >= 15 is 0 Å². The Balaban J connectivity index is 2.22. The summed E-state index contributed by atoms with van der Waals surface area (Å²) in [6.45, 7) is 9.45. The lowest BCUT2D eigenvalue weighted by atomic mass is 9.71. The maximum absolute atomic E-state index is 11.7. The third-order valence-electron chi connectivity index (χ3n) is 4.40. The van der Waals surface area contributed by atoms with Crippen LogP contribution in [-0.4, -0.2) is 35.7 Å². The van der Waals surface area contributed by atoms with E-state index in [2.05, 4.69) is 31.4 Å². The van der Waals surface area contributed by atoms with E-state index in [1.165, 1.54) is 0 Å². The molecule has 0 heterocycles. The number of nitrogens with one attached hydrogen (secondary N) is 2. The van der Waals surface area contributed by atoms with Crippen LogP contribution in [0.4, 0.5) is 0 Å². The normalized spacial score (nSPS) is 22.2. The van der Waals surface area contributed by atoms with E-state index < -0.39 is 5.60 Å². The van der Waals surface area contributed by atoms with Gasteiger partial charge in [0.15, 0.2) is 0 Å². The summed E-state index contributed by atoms with van der Waals surface area (Å²) in [6.07, 6.45) is 5.81. The Bertz CT molecular complexity index is 306. The maximum Gasteiger partial charge on any atom is 0.234 e. The third-order valence-corrected chi connectivity index (χ3v) is 4.40. The first-order valence-electron chi connectivity index (χ1n) is 7.99. The van der Waals surface area contributed by atoms with Crippen molar-refractivity contribution >= 4 is 5.91 Å². The van der Waals surface area contributed by atoms with Crippen molar-refractivity contribution in [2.45, 2.75) is 77.9 Å². The molecule has 1 fully saturated rings. The molecule has 0 bridgehead atoms. The lowest BCUT2D eigenvalue weighted by Gasteiger charge is -2.40. The Hall–Kier alpha value is -0.610. The average Bonchev–Trinajstić information content (AvgIpc) is 2.34. The van der Waals surface area contributed by atoms with Crippen LogP contribution in [0.2, 0.25) is 0 Å². The molecule has 3 N–H and O–H groups in total. The number of rotatable bonds is 7. The molecule has 1 rings (SSSR count). The van der Waals surface area contributed by atoms with Crippen molar-refractivity contribution in [3.8, 4) is 0 Å². The summed E-state index contributed by atoms with van der Waals surface area (Å²) in [6, 6.07) is 0.230. The van der Waals surface area contributed by atoms with E-state index in [1.807, 2.05) is 6.92 Å². The number of hydrogen-bond donors (Lipinski definition) is 3. The number of aliphatic hydroxyl groups is 1. The second-order valence-corrected chi connectivity index (χ2v) is 7.25. The van der Waals surface area contributed by atoms with Crippen LogP contribution >= 0.6 is 0 Å². The molecule has 0 saturated heterocycles. The molecule has 4 heteroatoms. The first-order valence-corrected chi connectivity index (χ1v) is 7.99. The Morgan fingerprint density at radius 2 is 1.85 bits per heavy atom. The van der Waals surface area contributed by atoms with E-state index in [0.717, 1.165) is 38.5 Å². The van der Waals surface area contributed by atoms with Crippen molar-refractivity contribution in [3.63, 3.8) is 0 Å². The second kappa shape index (κ2) is 7.41. The summed E-state index contributed by atoms with van der Waals surface area (Å²) >= 11 is 0. The number of hydrogen-bond acceptors (Lipinski definition) is 3. The van der Waals surface area contributed by atoms with Gasteiger partial charge in [-0.2, -0.15) is 0 Å². The Labute approximate surface area is 123 Å². The van der Waals surface area contributed by atoms with Crippen LogP contribution in [0.3, 0.4) is 0 Å². The Morgan fingerprint density at radius 1 is 1.25 bits per heavy atom. The van der Waals surface area contributed by atoms with Crippen LogP contribution < -0.4 is 10.6 Å². The van der Waals surface area contributed by atoms with Gasteiger partial charge in [0, 0.05) is 12.6 Å². The minimum atomic E-state index is -0.634. The van der Waals surface area contributed by atoms with E-state index in [9.17, 15) is 9.90 Å². The second-order valence-electron chi connectivity index (χ2n) is 7.25. The lowest BCUT2D eigenvalue weighted by molar-refractivity contribution is -0.121. The zero-order valence-electron chi connectivity index (χ0n) is 13.6. The van der Waals surface area contributed by atoms with Crippen LogP contribution in [0.5, 0.6) is 0 Å². The van der Waals surface area contributed by atoms with Crippen molar-refractivity contribution in [2.24, 2.45) is 5.41 Å². The van der Waals surface area contributed by atoms with Crippen molar-refractivity contribution in [1.29, 1.82) is 0 Å². The molecular weight excluding hydrogens is 252 g/mol. The monoisotopic (exact) mass is 284 g/mol. The number of carbonyl (C=O) groups excluding carboxylic acids is 1. The van der Waals surface area contributed by atoms with Gasteiger partial charge < -0.3 is 15.7 Å². The van der Waals surface area contributed by atoms with Gasteiger partial charge in [0.25, 0.3) is 0 Å². The van der Waals surface area contributed by atoms with Crippen LogP contribution in [-0.2, 0) is 4.79 Å². The molecule has 118 valence electrons. The highest BCUT2D eigenvalue weighted by Gasteiger charge is 2.36. The van der Waals surface area contributed by atoms with Crippen LogP contribution in [0.25, 0.3) is 0 Å². The molecule has 0 aliphatic heterocycles. The van der Waals surface area contributed by atoms with Crippen LogP contribution in [0, 0.1) is 5.41 Å². The largest absolute Gasteiger partial charge is 0.389 e. The highest BCUT2D eigenvalue weighted by molar-refractivity contribution is 5.78. The standard InChI is InChI=1S/C16H32N2O2/c1-5-6-13(2)18-14(19)11-17-12-16(20)9-7-15(3,4)8-10-16/h13,17,20H,5-12H2,1-4H3,(H,18,19). The predicted molar refractivity (Wildman–Crippen MR) is 82.6 cm³/mol. The third kappa shape index (κ3) is 6.23. The molecule has 1 amide bonds. The summed E-state index contributed by atoms with van der Waals surface area (Å²) in [7, 11) is 0. The number of amides is 1. The Kier molecular flexibility index (Phi) is 6.46. The number of carbonyl (C=O) groups is 1. The molecule has 0 spiro atoms.